The third-order valence-corrected chi connectivity index (χ3v) is 5.56. The van der Waals surface area contributed by atoms with Gasteiger partial charge in [0.2, 0.25) is 11.3 Å². The van der Waals surface area contributed by atoms with Crippen LogP contribution in [0.2, 0.25) is 0 Å². The molecular formula is C23H25N3O2. The van der Waals surface area contributed by atoms with Crippen molar-refractivity contribution >= 4 is 16.8 Å². The molecule has 2 aromatic carbocycles. The van der Waals surface area contributed by atoms with Crippen molar-refractivity contribution in [3.05, 3.63) is 75.6 Å². The molecule has 5 nitrogen and oxygen atoms in total. The van der Waals surface area contributed by atoms with Crippen molar-refractivity contribution in [1.82, 2.24) is 15.1 Å². The van der Waals surface area contributed by atoms with E-state index in [1.807, 2.05) is 25.1 Å². The minimum absolute atomic E-state index is 0.0187. The Kier molecular flexibility index (Phi) is 5.24. The Morgan fingerprint density at radius 2 is 1.93 bits per heavy atom. The largest absolute Gasteiger partial charge is 0.350 e. The summed E-state index contributed by atoms with van der Waals surface area (Å²) in [4.78, 5) is 24.4. The smallest absolute Gasteiger partial charge is 0.222 e. The maximum absolute atomic E-state index is 12.5. The molecule has 0 saturated carbocycles. The number of rotatable bonds is 5. The van der Waals surface area contributed by atoms with Gasteiger partial charge < -0.3 is 5.32 Å². The van der Waals surface area contributed by atoms with Crippen molar-refractivity contribution in [2.45, 2.75) is 51.6 Å². The van der Waals surface area contributed by atoms with E-state index in [1.165, 1.54) is 30.2 Å². The van der Waals surface area contributed by atoms with E-state index >= 15 is 0 Å². The molecule has 1 unspecified atom stereocenters. The van der Waals surface area contributed by atoms with Crippen molar-refractivity contribution in [3.8, 4) is 0 Å². The molecule has 0 fully saturated rings. The monoisotopic (exact) mass is 375 g/mol. The number of nitrogens with one attached hydrogen (secondary N) is 1. The Balaban J connectivity index is 1.41. The minimum Gasteiger partial charge on any atom is -0.350 e. The Hall–Kier alpha value is -2.95. The van der Waals surface area contributed by atoms with Gasteiger partial charge in [-0.25, -0.2) is 0 Å². The van der Waals surface area contributed by atoms with E-state index in [0.717, 1.165) is 23.9 Å². The average Bonchev–Trinajstić information content (AvgIpc) is 2.73. The van der Waals surface area contributed by atoms with E-state index in [2.05, 4.69) is 28.6 Å². The molecule has 4 rings (SSSR count). The van der Waals surface area contributed by atoms with E-state index in [1.54, 1.807) is 10.7 Å². The molecule has 0 aliphatic heterocycles. The lowest BCUT2D eigenvalue weighted by Crippen LogP contribution is -2.28. The number of aromatic nitrogens is 2. The summed E-state index contributed by atoms with van der Waals surface area (Å²) in [6.07, 6.45) is 6.45. The van der Waals surface area contributed by atoms with E-state index < -0.39 is 0 Å². The molecule has 0 spiro atoms. The SMILES string of the molecule is CC(NC(=O)CCn1ncc(=O)c2ccccc21)c1ccc2c(c1)CCCC2. The molecule has 1 N–H and O–H groups in total. The summed E-state index contributed by atoms with van der Waals surface area (Å²) in [5, 5.41) is 7.90. The first-order valence-electron chi connectivity index (χ1n) is 9.98. The number of nitrogens with zero attached hydrogens (tertiary/aromatic N) is 2. The fraction of sp³-hybridized carbons (Fsp3) is 0.348. The van der Waals surface area contributed by atoms with Gasteiger partial charge in [-0.05, 0) is 61.4 Å². The van der Waals surface area contributed by atoms with Gasteiger partial charge in [0.05, 0.1) is 24.3 Å². The quantitative estimate of drug-likeness (QED) is 0.742. The second kappa shape index (κ2) is 7.97. The van der Waals surface area contributed by atoms with Gasteiger partial charge in [0.15, 0.2) is 0 Å². The Labute approximate surface area is 164 Å². The molecule has 144 valence electrons. The maximum atomic E-state index is 12.5. The number of fused-ring (bicyclic) bond motifs is 2. The molecule has 5 heteroatoms. The van der Waals surface area contributed by atoms with Gasteiger partial charge in [-0.2, -0.15) is 5.10 Å². The highest BCUT2D eigenvalue weighted by atomic mass is 16.1. The van der Waals surface area contributed by atoms with Crippen molar-refractivity contribution in [2.24, 2.45) is 0 Å². The van der Waals surface area contributed by atoms with Crippen molar-refractivity contribution in [2.75, 3.05) is 0 Å². The zero-order valence-electron chi connectivity index (χ0n) is 16.1. The van der Waals surface area contributed by atoms with Crippen LogP contribution >= 0.6 is 0 Å². The van der Waals surface area contributed by atoms with E-state index in [9.17, 15) is 9.59 Å². The van der Waals surface area contributed by atoms with Crippen LogP contribution in [0.3, 0.4) is 0 Å². The molecule has 0 saturated heterocycles. The van der Waals surface area contributed by atoms with Gasteiger partial charge in [-0.1, -0.05) is 30.3 Å². The van der Waals surface area contributed by atoms with Crippen LogP contribution in [-0.2, 0) is 24.2 Å². The Bertz CT molecular complexity index is 1070. The molecule has 1 aliphatic rings. The highest BCUT2D eigenvalue weighted by Gasteiger charge is 2.14. The van der Waals surface area contributed by atoms with Crippen LogP contribution in [0.4, 0.5) is 0 Å². The Morgan fingerprint density at radius 3 is 2.79 bits per heavy atom. The lowest BCUT2D eigenvalue weighted by atomic mass is 9.89. The van der Waals surface area contributed by atoms with Crippen LogP contribution in [-0.4, -0.2) is 15.7 Å². The maximum Gasteiger partial charge on any atom is 0.222 e. The summed E-state index contributed by atoms with van der Waals surface area (Å²) in [5.41, 5.74) is 4.68. The topological polar surface area (TPSA) is 64.0 Å². The number of hydrogen-bond acceptors (Lipinski definition) is 3. The zero-order chi connectivity index (χ0) is 19.5. The summed E-state index contributed by atoms with van der Waals surface area (Å²) in [7, 11) is 0. The normalized spacial score (nSPS) is 14.5. The lowest BCUT2D eigenvalue weighted by Gasteiger charge is -2.20. The Morgan fingerprint density at radius 1 is 1.14 bits per heavy atom. The number of aryl methyl sites for hydroxylation is 3. The first-order chi connectivity index (χ1) is 13.6. The molecule has 28 heavy (non-hydrogen) atoms. The first kappa shape index (κ1) is 18.4. The number of hydrogen-bond donors (Lipinski definition) is 1. The van der Waals surface area contributed by atoms with Crippen molar-refractivity contribution < 1.29 is 4.79 Å². The van der Waals surface area contributed by atoms with Crippen molar-refractivity contribution in [3.63, 3.8) is 0 Å². The van der Waals surface area contributed by atoms with Crippen LogP contribution in [0.1, 0.15) is 48.9 Å². The highest BCUT2D eigenvalue weighted by molar-refractivity contribution is 5.79. The van der Waals surface area contributed by atoms with Gasteiger partial charge >= 0.3 is 0 Å². The predicted molar refractivity (Wildman–Crippen MR) is 110 cm³/mol. The highest BCUT2D eigenvalue weighted by Crippen LogP contribution is 2.24. The number of benzene rings is 2. The number of amides is 1. The van der Waals surface area contributed by atoms with E-state index in [0.29, 0.717) is 18.4 Å². The number of para-hydroxylation sites is 1. The molecule has 0 radical (unpaired) electrons. The zero-order valence-corrected chi connectivity index (χ0v) is 16.1. The van der Waals surface area contributed by atoms with Crippen LogP contribution < -0.4 is 10.7 Å². The standard InChI is InChI=1S/C23H25N3O2/c1-16(18-11-10-17-6-2-3-7-19(17)14-18)25-23(28)12-13-26-21-9-5-4-8-20(21)22(27)15-24-26/h4-5,8-11,14-16H,2-3,6-7,12-13H2,1H3,(H,25,28). The molecule has 3 aromatic rings. The molecule has 0 bridgehead atoms. The van der Waals surface area contributed by atoms with Gasteiger partial charge in [-0.15, -0.1) is 0 Å². The van der Waals surface area contributed by atoms with Crippen LogP contribution in [0.15, 0.2) is 53.5 Å². The third-order valence-electron chi connectivity index (χ3n) is 5.56. The summed E-state index contributed by atoms with van der Waals surface area (Å²) in [6, 6.07) is 13.9. The molecular weight excluding hydrogens is 350 g/mol. The molecule has 1 amide bonds. The van der Waals surface area contributed by atoms with Crippen LogP contribution in [0.5, 0.6) is 0 Å². The summed E-state index contributed by atoms with van der Waals surface area (Å²) in [6.45, 7) is 2.46. The predicted octanol–water partition coefficient (Wildman–Crippen LogP) is 3.54. The van der Waals surface area contributed by atoms with Gasteiger partial charge in [-0.3, -0.25) is 14.3 Å². The summed E-state index contributed by atoms with van der Waals surface area (Å²) in [5.74, 6) is -0.0187. The lowest BCUT2D eigenvalue weighted by molar-refractivity contribution is -0.122. The molecule has 1 atom stereocenters. The van der Waals surface area contributed by atoms with Crippen molar-refractivity contribution in [1.29, 1.82) is 0 Å². The van der Waals surface area contributed by atoms with E-state index in [4.69, 9.17) is 0 Å². The molecule has 1 aromatic heterocycles. The summed E-state index contributed by atoms with van der Waals surface area (Å²) < 4.78 is 1.72. The first-order valence-corrected chi connectivity index (χ1v) is 9.98. The second-order valence-corrected chi connectivity index (χ2v) is 7.52. The molecule has 1 aliphatic carbocycles. The van der Waals surface area contributed by atoms with Crippen LogP contribution in [0.25, 0.3) is 10.9 Å². The van der Waals surface area contributed by atoms with Gasteiger partial charge in [0, 0.05) is 11.8 Å². The van der Waals surface area contributed by atoms with E-state index in [-0.39, 0.29) is 17.4 Å². The fourth-order valence-electron chi connectivity index (χ4n) is 3.97. The summed E-state index contributed by atoms with van der Waals surface area (Å²) >= 11 is 0. The van der Waals surface area contributed by atoms with Crippen LogP contribution in [0, 0.1) is 0 Å². The second-order valence-electron chi connectivity index (χ2n) is 7.52. The van der Waals surface area contributed by atoms with Gasteiger partial charge in [0.25, 0.3) is 0 Å². The van der Waals surface area contributed by atoms with Gasteiger partial charge in [0.1, 0.15) is 0 Å². The average molecular weight is 375 g/mol. The number of carbonyl (C=O) groups is 1. The number of carbonyl (C=O) groups excluding carboxylic acids is 1. The third kappa shape index (κ3) is 3.84. The minimum atomic E-state index is -0.0997. The molecule has 1 heterocycles. The fourth-order valence-corrected chi connectivity index (χ4v) is 3.97.